The maximum atomic E-state index is 13.4. The number of hydrogen-bond donors (Lipinski definition) is 1. The molecule has 0 spiro atoms. The van der Waals surface area contributed by atoms with E-state index in [0.29, 0.717) is 34.5 Å². The second-order valence-corrected chi connectivity index (χ2v) is 13.8. The maximum absolute atomic E-state index is 13.4. The molecule has 1 N–H and O–H groups in total. The zero-order valence-corrected chi connectivity index (χ0v) is 24.7. The van der Waals surface area contributed by atoms with E-state index in [1.54, 1.807) is 47.7 Å². The van der Waals surface area contributed by atoms with Crippen LogP contribution in [0, 0.1) is 5.92 Å². The largest absolute Gasteiger partial charge is 0.371 e. The van der Waals surface area contributed by atoms with Crippen molar-refractivity contribution in [1.82, 2.24) is 29.2 Å². The molecule has 6 rings (SSSR count). The monoisotopic (exact) mass is 573 g/mol. The van der Waals surface area contributed by atoms with Crippen LogP contribution in [0.3, 0.4) is 0 Å². The third kappa shape index (κ3) is 5.36. The topological polar surface area (TPSA) is 114 Å². The van der Waals surface area contributed by atoms with Crippen LogP contribution in [-0.2, 0) is 29.2 Å². The molecule has 0 radical (unpaired) electrons. The average Bonchev–Trinajstić information content (AvgIpc) is 3.16. The summed E-state index contributed by atoms with van der Waals surface area (Å²) in [6.45, 7) is 10.4. The first kappa shape index (κ1) is 27.2. The van der Waals surface area contributed by atoms with Gasteiger partial charge in [-0.2, -0.15) is 9.35 Å². The Morgan fingerprint density at radius 2 is 2.02 bits per heavy atom. The van der Waals surface area contributed by atoms with Crippen LogP contribution in [0.15, 0.2) is 58.3 Å². The van der Waals surface area contributed by atoms with Crippen molar-refractivity contribution in [3.8, 4) is 5.82 Å². The molecule has 1 saturated heterocycles. The van der Waals surface area contributed by atoms with E-state index in [0.717, 1.165) is 38.3 Å². The van der Waals surface area contributed by atoms with E-state index in [4.69, 9.17) is 4.98 Å². The van der Waals surface area contributed by atoms with Crippen molar-refractivity contribution in [2.24, 2.45) is 10.3 Å². The second-order valence-electron chi connectivity index (χ2n) is 11.3. The Labute approximate surface area is 239 Å². The van der Waals surface area contributed by atoms with Crippen molar-refractivity contribution in [3.63, 3.8) is 0 Å². The minimum atomic E-state index is -2.42. The molecule has 41 heavy (non-hydrogen) atoms. The average molecular weight is 574 g/mol. The first-order valence-electron chi connectivity index (χ1n) is 13.7. The minimum Gasteiger partial charge on any atom is -0.371 e. The molecular formula is C29H35N9O2S. The molecule has 1 fully saturated rings. The SMILES string of the molecule is C=CCn1c(=O)c2cnc(Nc3cc4c(c(N5CC(C)C5)c3)CCN(C)C4)nc2n1-c1cccc(N=S(C)(C)=O)n1. The molecule has 214 valence electrons. The highest BCUT2D eigenvalue weighted by atomic mass is 32.2. The van der Waals surface area contributed by atoms with E-state index in [9.17, 15) is 9.00 Å². The first-order valence-corrected chi connectivity index (χ1v) is 16.0. The lowest BCUT2D eigenvalue weighted by molar-refractivity contribution is 0.312. The van der Waals surface area contributed by atoms with Crippen LogP contribution < -0.4 is 15.8 Å². The highest BCUT2D eigenvalue weighted by Gasteiger charge is 2.28. The number of benzene rings is 1. The molecule has 0 amide bonds. The molecule has 11 nitrogen and oxygen atoms in total. The maximum Gasteiger partial charge on any atom is 0.278 e. The fourth-order valence-electron chi connectivity index (χ4n) is 5.61. The fourth-order valence-corrected chi connectivity index (χ4v) is 6.16. The zero-order valence-electron chi connectivity index (χ0n) is 23.9. The van der Waals surface area contributed by atoms with Crippen LogP contribution in [-0.4, -0.2) is 72.6 Å². The number of allylic oxidation sites excluding steroid dienone is 1. The summed E-state index contributed by atoms with van der Waals surface area (Å²) in [5.74, 6) is 1.81. The molecule has 2 aliphatic rings. The van der Waals surface area contributed by atoms with Crippen molar-refractivity contribution in [2.45, 2.75) is 26.4 Å². The summed E-state index contributed by atoms with van der Waals surface area (Å²) in [5.41, 5.74) is 5.07. The fraction of sp³-hybridized carbons (Fsp3) is 0.379. The number of likely N-dealkylation sites (N-methyl/N-ethyl adjacent to an activating group) is 1. The smallest absolute Gasteiger partial charge is 0.278 e. The van der Waals surface area contributed by atoms with Gasteiger partial charge in [-0.3, -0.25) is 4.79 Å². The van der Waals surface area contributed by atoms with Crippen LogP contribution in [0.1, 0.15) is 18.1 Å². The standard InChI is InChI=1S/C29H35N9O2S/c1-6-11-37-28(39)23-15-30-29(33-27(23)38(37)26-9-7-8-25(32-26)34-41(4,5)40)31-21-13-20-18-35(3)12-10-22(20)24(14-21)36-16-19(2)17-36/h6-9,13-15,19H,1,10-12,16-18H2,2-5H3,(H,30,31,33). The molecule has 0 saturated carbocycles. The van der Waals surface area contributed by atoms with Gasteiger partial charge in [0.2, 0.25) is 5.95 Å². The molecule has 3 aromatic heterocycles. The molecule has 5 heterocycles. The van der Waals surface area contributed by atoms with Gasteiger partial charge in [0, 0.05) is 66.0 Å². The van der Waals surface area contributed by atoms with Crippen molar-refractivity contribution < 1.29 is 4.21 Å². The summed E-state index contributed by atoms with van der Waals surface area (Å²) in [7, 11) is -0.272. The summed E-state index contributed by atoms with van der Waals surface area (Å²) in [6.07, 6.45) is 7.33. The van der Waals surface area contributed by atoms with E-state index in [1.165, 1.54) is 21.5 Å². The van der Waals surface area contributed by atoms with E-state index in [2.05, 4.69) is 62.1 Å². The van der Waals surface area contributed by atoms with E-state index >= 15 is 0 Å². The number of rotatable bonds is 7. The van der Waals surface area contributed by atoms with Crippen molar-refractivity contribution in [1.29, 1.82) is 0 Å². The van der Waals surface area contributed by atoms with Crippen molar-refractivity contribution >= 4 is 43.9 Å². The van der Waals surface area contributed by atoms with Gasteiger partial charge in [0.15, 0.2) is 17.3 Å². The van der Waals surface area contributed by atoms with Gasteiger partial charge in [0.25, 0.3) is 5.56 Å². The number of aromatic nitrogens is 5. The van der Waals surface area contributed by atoms with Crippen LogP contribution in [0.5, 0.6) is 0 Å². The number of anilines is 3. The Bertz CT molecular complexity index is 1840. The number of nitrogens with one attached hydrogen (secondary N) is 1. The lowest BCUT2D eigenvalue weighted by Crippen LogP contribution is -2.46. The van der Waals surface area contributed by atoms with Gasteiger partial charge in [-0.15, -0.1) is 6.58 Å². The Hall–Kier alpha value is -4.03. The number of fused-ring (bicyclic) bond motifs is 2. The zero-order chi connectivity index (χ0) is 28.9. The number of pyridine rings is 1. The van der Waals surface area contributed by atoms with Crippen molar-refractivity contribution in [3.05, 3.63) is 70.7 Å². The Morgan fingerprint density at radius 1 is 1.22 bits per heavy atom. The lowest BCUT2D eigenvalue weighted by atomic mass is 9.93. The third-order valence-corrected chi connectivity index (χ3v) is 8.02. The highest BCUT2D eigenvalue weighted by molar-refractivity contribution is 7.92. The normalized spacial score (nSPS) is 16.0. The second kappa shape index (κ2) is 10.4. The summed E-state index contributed by atoms with van der Waals surface area (Å²) >= 11 is 0. The predicted molar refractivity (Wildman–Crippen MR) is 164 cm³/mol. The molecule has 1 aromatic carbocycles. The summed E-state index contributed by atoms with van der Waals surface area (Å²) in [5, 5.41) is 3.77. The number of hydrogen-bond acceptors (Lipinski definition) is 9. The van der Waals surface area contributed by atoms with E-state index < -0.39 is 9.73 Å². The van der Waals surface area contributed by atoms with Crippen LogP contribution in [0.4, 0.5) is 23.1 Å². The molecule has 2 aliphatic heterocycles. The Morgan fingerprint density at radius 3 is 2.76 bits per heavy atom. The van der Waals surface area contributed by atoms with Gasteiger partial charge in [0.05, 0.1) is 6.54 Å². The van der Waals surface area contributed by atoms with Gasteiger partial charge in [0.1, 0.15) is 5.39 Å². The van der Waals surface area contributed by atoms with Gasteiger partial charge < -0.3 is 15.1 Å². The molecule has 4 aromatic rings. The quantitative estimate of drug-likeness (QED) is 0.333. The molecule has 0 unspecified atom stereocenters. The molecule has 0 aliphatic carbocycles. The Kier molecular flexibility index (Phi) is 6.90. The van der Waals surface area contributed by atoms with Crippen LogP contribution >= 0.6 is 0 Å². The van der Waals surface area contributed by atoms with Gasteiger partial charge >= 0.3 is 0 Å². The molecular weight excluding hydrogens is 538 g/mol. The van der Waals surface area contributed by atoms with Crippen LogP contribution in [0.25, 0.3) is 16.9 Å². The highest BCUT2D eigenvalue weighted by Crippen LogP contribution is 2.36. The number of nitrogens with zero attached hydrogens (tertiary/aromatic N) is 8. The minimum absolute atomic E-state index is 0.245. The first-order chi connectivity index (χ1) is 19.6. The van der Waals surface area contributed by atoms with E-state index in [1.807, 2.05) is 0 Å². The molecule has 0 bridgehead atoms. The molecule has 0 atom stereocenters. The third-order valence-electron chi connectivity index (χ3n) is 7.39. The Balaban J connectivity index is 1.44. The lowest BCUT2D eigenvalue weighted by Gasteiger charge is -2.42. The summed E-state index contributed by atoms with van der Waals surface area (Å²) in [4.78, 5) is 32.0. The van der Waals surface area contributed by atoms with Gasteiger partial charge in [-0.05, 0) is 54.8 Å². The summed E-state index contributed by atoms with van der Waals surface area (Å²) < 4.78 is 19.7. The summed E-state index contributed by atoms with van der Waals surface area (Å²) in [6, 6.07) is 9.59. The molecule has 12 heteroatoms. The van der Waals surface area contributed by atoms with Crippen LogP contribution in [0.2, 0.25) is 0 Å². The van der Waals surface area contributed by atoms with Crippen molar-refractivity contribution in [2.75, 3.05) is 49.4 Å². The van der Waals surface area contributed by atoms with Gasteiger partial charge in [-0.25, -0.2) is 23.5 Å². The predicted octanol–water partition coefficient (Wildman–Crippen LogP) is 3.71. The van der Waals surface area contributed by atoms with Gasteiger partial charge in [-0.1, -0.05) is 19.1 Å². The van der Waals surface area contributed by atoms with E-state index in [-0.39, 0.29) is 12.1 Å².